The van der Waals surface area contributed by atoms with Gasteiger partial charge in [-0.05, 0) is 56.2 Å². The molecule has 1 aliphatic rings. The second-order valence-corrected chi connectivity index (χ2v) is 6.52. The van der Waals surface area contributed by atoms with Crippen molar-refractivity contribution in [1.82, 2.24) is 4.90 Å². The van der Waals surface area contributed by atoms with Gasteiger partial charge in [-0.25, -0.2) is 0 Å². The van der Waals surface area contributed by atoms with Gasteiger partial charge in [0.25, 0.3) is 0 Å². The van der Waals surface area contributed by atoms with Gasteiger partial charge in [0.05, 0.1) is 12.8 Å². The van der Waals surface area contributed by atoms with Crippen LogP contribution in [-0.2, 0) is 6.54 Å². The SMILES string of the molecule is CC(C)C1CCC(N)C(CN(C)Cc2ccco2)C1. The van der Waals surface area contributed by atoms with Crippen LogP contribution in [0.3, 0.4) is 0 Å². The number of furan rings is 1. The molecule has 1 aliphatic carbocycles. The van der Waals surface area contributed by atoms with Crippen LogP contribution < -0.4 is 5.73 Å². The molecule has 1 aromatic rings. The van der Waals surface area contributed by atoms with Crippen LogP contribution in [0.1, 0.15) is 38.9 Å². The molecule has 19 heavy (non-hydrogen) atoms. The molecular weight excluding hydrogens is 236 g/mol. The van der Waals surface area contributed by atoms with Crippen molar-refractivity contribution in [3.8, 4) is 0 Å². The van der Waals surface area contributed by atoms with Crippen LogP contribution in [0.5, 0.6) is 0 Å². The molecule has 1 aromatic heterocycles. The zero-order chi connectivity index (χ0) is 13.8. The van der Waals surface area contributed by atoms with Crippen LogP contribution in [0.4, 0.5) is 0 Å². The van der Waals surface area contributed by atoms with Crippen molar-refractivity contribution >= 4 is 0 Å². The van der Waals surface area contributed by atoms with Gasteiger partial charge in [-0.15, -0.1) is 0 Å². The van der Waals surface area contributed by atoms with E-state index in [-0.39, 0.29) is 0 Å². The fourth-order valence-electron chi connectivity index (χ4n) is 3.27. The monoisotopic (exact) mass is 264 g/mol. The summed E-state index contributed by atoms with van der Waals surface area (Å²) in [6.07, 6.45) is 5.50. The topological polar surface area (TPSA) is 42.4 Å². The van der Waals surface area contributed by atoms with Crippen LogP contribution >= 0.6 is 0 Å². The Kier molecular flexibility index (Phi) is 5.06. The highest BCUT2D eigenvalue weighted by atomic mass is 16.3. The highest BCUT2D eigenvalue weighted by molar-refractivity contribution is 4.98. The van der Waals surface area contributed by atoms with E-state index in [2.05, 4.69) is 25.8 Å². The van der Waals surface area contributed by atoms with E-state index in [9.17, 15) is 0 Å². The molecule has 0 aromatic carbocycles. The van der Waals surface area contributed by atoms with Crippen molar-refractivity contribution < 1.29 is 4.42 Å². The van der Waals surface area contributed by atoms with Gasteiger partial charge in [0, 0.05) is 12.6 Å². The summed E-state index contributed by atoms with van der Waals surface area (Å²) in [5.41, 5.74) is 6.31. The first-order chi connectivity index (χ1) is 9.06. The first-order valence-electron chi connectivity index (χ1n) is 7.52. The van der Waals surface area contributed by atoms with E-state index < -0.39 is 0 Å². The third kappa shape index (κ3) is 4.08. The lowest BCUT2D eigenvalue weighted by atomic mass is 9.74. The lowest BCUT2D eigenvalue weighted by molar-refractivity contribution is 0.143. The summed E-state index contributed by atoms with van der Waals surface area (Å²) in [4.78, 5) is 2.34. The molecule has 2 rings (SSSR count). The van der Waals surface area contributed by atoms with Gasteiger partial charge in [-0.2, -0.15) is 0 Å². The zero-order valence-corrected chi connectivity index (χ0v) is 12.5. The third-order valence-corrected chi connectivity index (χ3v) is 4.58. The average molecular weight is 264 g/mol. The van der Waals surface area contributed by atoms with Crippen molar-refractivity contribution in [2.24, 2.45) is 23.5 Å². The number of nitrogens with two attached hydrogens (primary N) is 1. The fraction of sp³-hybridized carbons (Fsp3) is 0.750. The lowest BCUT2D eigenvalue weighted by Crippen LogP contribution is -2.42. The Morgan fingerprint density at radius 1 is 1.42 bits per heavy atom. The van der Waals surface area contributed by atoms with Gasteiger partial charge in [0.2, 0.25) is 0 Å². The predicted octanol–water partition coefficient (Wildman–Crippen LogP) is 3.11. The van der Waals surface area contributed by atoms with E-state index in [0.717, 1.165) is 30.7 Å². The normalized spacial score (nSPS) is 28.2. The summed E-state index contributed by atoms with van der Waals surface area (Å²) >= 11 is 0. The summed E-state index contributed by atoms with van der Waals surface area (Å²) in [5.74, 6) is 3.29. The number of hydrogen-bond acceptors (Lipinski definition) is 3. The largest absolute Gasteiger partial charge is 0.468 e. The van der Waals surface area contributed by atoms with E-state index in [0.29, 0.717) is 12.0 Å². The molecule has 0 bridgehead atoms. The maximum atomic E-state index is 6.31. The van der Waals surface area contributed by atoms with Crippen LogP contribution in [0.25, 0.3) is 0 Å². The van der Waals surface area contributed by atoms with E-state index in [1.54, 1.807) is 6.26 Å². The quantitative estimate of drug-likeness (QED) is 0.888. The summed E-state index contributed by atoms with van der Waals surface area (Å²) in [6, 6.07) is 4.35. The van der Waals surface area contributed by atoms with Gasteiger partial charge in [-0.3, -0.25) is 4.90 Å². The second-order valence-electron chi connectivity index (χ2n) is 6.52. The second kappa shape index (κ2) is 6.58. The summed E-state index contributed by atoms with van der Waals surface area (Å²) in [7, 11) is 2.16. The van der Waals surface area contributed by atoms with Gasteiger partial charge >= 0.3 is 0 Å². The molecule has 108 valence electrons. The average Bonchev–Trinajstić information content (AvgIpc) is 2.84. The van der Waals surface area contributed by atoms with Gasteiger partial charge < -0.3 is 10.2 Å². The van der Waals surface area contributed by atoms with Crippen molar-refractivity contribution in [2.75, 3.05) is 13.6 Å². The standard InChI is InChI=1S/C16H28N2O/c1-12(2)13-6-7-16(17)14(9-13)10-18(3)11-15-5-4-8-19-15/h4-5,8,12-14,16H,6-7,9-11,17H2,1-3H3. The number of rotatable bonds is 5. The molecule has 0 spiro atoms. The molecule has 0 radical (unpaired) electrons. The van der Waals surface area contributed by atoms with Crippen LogP contribution in [0.2, 0.25) is 0 Å². The van der Waals surface area contributed by atoms with Crippen molar-refractivity contribution in [1.29, 1.82) is 0 Å². The van der Waals surface area contributed by atoms with Crippen molar-refractivity contribution in [3.63, 3.8) is 0 Å². The molecule has 2 N–H and O–H groups in total. The van der Waals surface area contributed by atoms with Crippen molar-refractivity contribution in [2.45, 2.75) is 45.7 Å². The third-order valence-electron chi connectivity index (χ3n) is 4.58. The van der Waals surface area contributed by atoms with Gasteiger partial charge in [0.1, 0.15) is 5.76 Å². The van der Waals surface area contributed by atoms with E-state index in [1.807, 2.05) is 12.1 Å². The summed E-state index contributed by atoms with van der Waals surface area (Å²) in [6.45, 7) is 6.63. The molecule has 0 aliphatic heterocycles. The first-order valence-corrected chi connectivity index (χ1v) is 7.52. The van der Waals surface area contributed by atoms with Crippen LogP contribution in [-0.4, -0.2) is 24.5 Å². The molecule has 3 nitrogen and oxygen atoms in total. The van der Waals surface area contributed by atoms with Crippen LogP contribution in [0.15, 0.2) is 22.8 Å². The first kappa shape index (κ1) is 14.6. The maximum absolute atomic E-state index is 6.31. The van der Waals surface area contributed by atoms with Gasteiger partial charge in [0.15, 0.2) is 0 Å². The van der Waals surface area contributed by atoms with E-state index >= 15 is 0 Å². The Morgan fingerprint density at radius 2 is 2.21 bits per heavy atom. The number of hydrogen-bond donors (Lipinski definition) is 1. The Labute approximate surface area is 117 Å². The fourth-order valence-corrected chi connectivity index (χ4v) is 3.27. The molecule has 0 saturated heterocycles. The molecular formula is C16H28N2O. The molecule has 1 fully saturated rings. The Balaban J connectivity index is 1.85. The van der Waals surface area contributed by atoms with Gasteiger partial charge in [-0.1, -0.05) is 13.8 Å². The Bertz CT molecular complexity index is 361. The Morgan fingerprint density at radius 3 is 2.84 bits per heavy atom. The van der Waals surface area contributed by atoms with E-state index in [1.165, 1.54) is 19.3 Å². The van der Waals surface area contributed by atoms with E-state index in [4.69, 9.17) is 10.2 Å². The minimum Gasteiger partial charge on any atom is -0.468 e. The number of nitrogens with zero attached hydrogens (tertiary/aromatic N) is 1. The van der Waals surface area contributed by atoms with Crippen molar-refractivity contribution in [3.05, 3.63) is 24.2 Å². The molecule has 3 heteroatoms. The summed E-state index contributed by atoms with van der Waals surface area (Å²) < 4.78 is 5.41. The molecule has 3 unspecified atom stereocenters. The smallest absolute Gasteiger partial charge is 0.117 e. The Hall–Kier alpha value is -0.800. The summed E-state index contributed by atoms with van der Waals surface area (Å²) in [5, 5.41) is 0. The molecule has 1 heterocycles. The molecule has 3 atom stereocenters. The predicted molar refractivity (Wildman–Crippen MR) is 78.7 cm³/mol. The van der Waals surface area contributed by atoms with Crippen LogP contribution in [0, 0.1) is 17.8 Å². The highest BCUT2D eigenvalue weighted by Crippen LogP contribution is 2.33. The zero-order valence-electron chi connectivity index (χ0n) is 12.5. The molecule has 0 amide bonds. The lowest BCUT2D eigenvalue weighted by Gasteiger charge is -2.37. The minimum atomic E-state index is 0.369. The maximum Gasteiger partial charge on any atom is 0.117 e. The molecule has 1 saturated carbocycles. The highest BCUT2D eigenvalue weighted by Gasteiger charge is 2.30. The minimum absolute atomic E-state index is 0.369.